The van der Waals surface area contributed by atoms with Crippen LogP contribution in [0, 0.1) is 0 Å². The Bertz CT molecular complexity index is 578. The van der Waals surface area contributed by atoms with Crippen molar-refractivity contribution in [2.75, 3.05) is 0 Å². The van der Waals surface area contributed by atoms with Crippen LogP contribution in [0.1, 0.15) is 11.1 Å². The second-order valence-electron chi connectivity index (χ2n) is 4.52. The molecule has 1 aliphatic rings. The Morgan fingerprint density at radius 1 is 1.16 bits per heavy atom. The van der Waals surface area contributed by atoms with Crippen molar-refractivity contribution >= 4 is 6.29 Å². The van der Waals surface area contributed by atoms with Gasteiger partial charge in [-0.2, -0.15) is 0 Å². The standard InChI is InChI=1S/C16H14O3/c17-10-14-9-13-7-4-8-15(16(13)19-14)18-11-12-5-2-1-3-6-12/h1-8,10,14H,9,11H2. The van der Waals surface area contributed by atoms with E-state index in [0.717, 1.165) is 17.4 Å². The molecule has 1 atom stereocenters. The van der Waals surface area contributed by atoms with Crippen LogP contribution in [0.25, 0.3) is 0 Å². The molecule has 0 N–H and O–H groups in total. The van der Waals surface area contributed by atoms with Gasteiger partial charge in [-0.1, -0.05) is 42.5 Å². The van der Waals surface area contributed by atoms with Gasteiger partial charge >= 0.3 is 0 Å². The minimum absolute atomic E-state index is 0.378. The maximum absolute atomic E-state index is 10.8. The first-order valence-electron chi connectivity index (χ1n) is 6.27. The summed E-state index contributed by atoms with van der Waals surface area (Å²) in [6.45, 7) is 0.492. The average molecular weight is 254 g/mol. The zero-order valence-electron chi connectivity index (χ0n) is 10.4. The predicted molar refractivity (Wildman–Crippen MR) is 71.4 cm³/mol. The highest BCUT2D eigenvalue weighted by molar-refractivity contribution is 5.63. The largest absolute Gasteiger partial charge is 0.485 e. The number of rotatable bonds is 4. The molecule has 1 aliphatic heterocycles. The SMILES string of the molecule is O=CC1Cc2cccc(OCc3ccccc3)c2O1. The number of ether oxygens (including phenoxy) is 2. The van der Waals surface area contributed by atoms with Gasteiger partial charge in [0, 0.05) is 12.0 Å². The minimum atomic E-state index is -0.378. The Balaban J connectivity index is 1.76. The van der Waals surface area contributed by atoms with Crippen LogP contribution in [0.2, 0.25) is 0 Å². The van der Waals surface area contributed by atoms with E-state index in [1.165, 1.54) is 0 Å². The molecule has 3 rings (SSSR count). The van der Waals surface area contributed by atoms with E-state index in [4.69, 9.17) is 9.47 Å². The van der Waals surface area contributed by atoms with Gasteiger partial charge in [-0.05, 0) is 11.6 Å². The van der Waals surface area contributed by atoms with Crippen molar-refractivity contribution in [3.8, 4) is 11.5 Å². The molecule has 0 radical (unpaired) electrons. The zero-order chi connectivity index (χ0) is 13.1. The van der Waals surface area contributed by atoms with Gasteiger partial charge in [0.25, 0.3) is 0 Å². The van der Waals surface area contributed by atoms with Crippen molar-refractivity contribution in [3.63, 3.8) is 0 Å². The molecule has 1 heterocycles. The Kier molecular flexibility index (Phi) is 3.19. The van der Waals surface area contributed by atoms with Crippen molar-refractivity contribution in [2.24, 2.45) is 0 Å². The Hall–Kier alpha value is -2.29. The molecule has 2 aromatic carbocycles. The molecule has 0 amide bonds. The van der Waals surface area contributed by atoms with E-state index in [0.29, 0.717) is 24.5 Å². The molecule has 19 heavy (non-hydrogen) atoms. The second kappa shape index (κ2) is 5.14. The summed E-state index contributed by atoms with van der Waals surface area (Å²) in [7, 11) is 0. The van der Waals surface area contributed by atoms with Gasteiger partial charge in [-0.15, -0.1) is 0 Å². The Labute approximate surface area is 111 Å². The highest BCUT2D eigenvalue weighted by Gasteiger charge is 2.25. The molecule has 2 aromatic rings. The van der Waals surface area contributed by atoms with Crippen LogP contribution in [0.15, 0.2) is 48.5 Å². The molecular weight excluding hydrogens is 240 g/mol. The van der Waals surface area contributed by atoms with Crippen LogP contribution >= 0.6 is 0 Å². The molecule has 96 valence electrons. The lowest BCUT2D eigenvalue weighted by atomic mass is 10.1. The highest BCUT2D eigenvalue weighted by atomic mass is 16.5. The zero-order valence-corrected chi connectivity index (χ0v) is 10.4. The van der Waals surface area contributed by atoms with Gasteiger partial charge in [-0.3, -0.25) is 4.79 Å². The number of benzene rings is 2. The number of para-hydroxylation sites is 1. The molecule has 0 aromatic heterocycles. The van der Waals surface area contributed by atoms with Crippen LogP contribution in [-0.4, -0.2) is 12.4 Å². The van der Waals surface area contributed by atoms with Gasteiger partial charge in [-0.25, -0.2) is 0 Å². The summed E-state index contributed by atoms with van der Waals surface area (Å²) < 4.78 is 11.4. The van der Waals surface area contributed by atoms with Crippen LogP contribution < -0.4 is 9.47 Å². The quantitative estimate of drug-likeness (QED) is 0.787. The molecule has 0 spiro atoms. The van der Waals surface area contributed by atoms with E-state index in [1.807, 2.05) is 48.5 Å². The van der Waals surface area contributed by atoms with Crippen molar-refractivity contribution in [3.05, 3.63) is 59.7 Å². The third-order valence-electron chi connectivity index (χ3n) is 3.14. The second-order valence-corrected chi connectivity index (χ2v) is 4.52. The summed E-state index contributed by atoms with van der Waals surface area (Å²) in [5.41, 5.74) is 2.13. The van der Waals surface area contributed by atoms with Crippen LogP contribution in [-0.2, 0) is 17.8 Å². The lowest BCUT2D eigenvalue weighted by molar-refractivity contribution is -0.113. The molecule has 3 heteroatoms. The lowest BCUT2D eigenvalue weighted by Crippen LogP contribution is -2.13. The van der Waals surface area contributed by atoms with Gasteiger partial charge in [0.2, 0.25) is 0 Å². The first kappa shape index (κ1) is 11.8. The predicted octanol–water partition coefficient (Wildman–Crippen LogP) is 2.77. The van der Waals surface area contributed by atoms with E-state index in [9.17, 15) is 4.79 Å². The number of aldehydes is 1. The molecule has 3 nitrogen and oxygen atoms in total. The number of hydrogen-bond donors (Lipinski definition) is 0. The summed E-state index contributed by atoms with van der Waals surface area (Å²) in [6, 6.07) is 15.7. The lowest BCUT2D eigenvalue weighted by Gasteiger charge is -2.10. The minimum Gasteiger partial charge on any atom is -0.485 e. The Morgan fingerprint density at radius 2 is 2.00 bits per heavy atom. The number of carbonyl (C=O) groups is 1. The normalized spacial score (nSPS) is 16.5. The summed E-state index contributed by atoms with van der Waals surface area (Å²) in [6.07, 6.45) is 1.08. The smallest absolute Gasteiger partial charge is 0.165 e. The molecular formula is C16H14O3. The molecule has 0 aliphatic carbocycles. The third kappa shape index (κ3) is 2.45. The number of hydrogen-bond acceptors (Lipinski definition) is 3. The summed E-state index contributed by atoms with van der Waals surface area (Å²) in [5.74, 6) is 1.40. The molecule has 0 fully saturated rings. The van der Waals surface area contributed by atoms with Crippen molar-refractivity contribution in [1.29, 1.82) is 0 Å². The summed E-state index contributed by atoms with van der Waals surface area (Å²) in [5, 5.41) is 0. The van der Waals surface area contributed by atoms with Crippen LogP contribution in [0.3, 0.4) is 0 Å². The molecule has 0 saturated carbocycles. The van der Waals surface area contributed by atoms with Gasteiger partial charge < -0.3 is 9.47 Å². The molecule has 0 saturated heterocycles. The monoisotopic (exact) mass is 254 g/mol. The van der Waals surface area contributed by atoms with Crippen molar-refractivity contribution in [2.45, 2.75) is 19.1 Å². The number of carbonyl (C=O) groups excluding carboxylic acids is 1. The topological polar surface area (TPSA) is 35.5 Å². The first-order chi connectivity index (χ1) is 9.36. The van der Waals surface area contributed by atoms with Crippen LogP contribution in [0.5, 0.6) is 11.5 Å². The van der Waals surface area contributed by atoms with E-state index >= 15 is 0 Å². The van der Waals surface area contributed by atoms with Crippen LogP contribution in [0.4, 0.5) is 0 Å². The maximum Gasteiger partial charge on any atom is 0.165 e. The summed E-state index contributed by atoms with van der Waals surface area (Å²) in [4.78, 5) is 10.8. The van der Waals surface area contributed by atoms with E-state index in [-0.39, 0.29) is 6.10 Å². The Morgan fingerprint density at radius 3 is 2.79 bits per heavy atom. The van der Waals surface area contributed by atoms with E-state index in [1.54, 1.807) is 0 Å². The molecule has 1 unspecified atom stereocenters. The maximum atomic E-state index is 10.8. The highest BCUT2D eigenvalue weighted by Crippen LogP contribution is 2.37. The number of fused-ring (bicyclic) bond motifs is 1. The van der Waals surface area contributed by atoms with Crippen molar-refractivity contribution in [1.82, 2.24) is 0 Å². The molecule has 0 bridgehead atoms. The average Bonchev–Trinajstić information content (AvgIpc) is 2.90. The fraction of sp³-hybridized carbons (Fsp3) is 0.188. The fourth-order valence-corrected chi connectivity index (χ4v) is 2.19. The van der Waals surface area contributed by atoms with E-state index < -0.39 is 0 Å². The van der Waals surface area contributed by atoms with Crippen molar-refractivity contribution < 1.29 is 14.3 Å². The van der Waals surface area contributed by atoms with Gasteiger partial charge in [0.15, 0.2) is 23.9 Å². The van der Waals surface area contributed by atoms with Gasteiger partial charge in [0.05, 0.1) is 0 Å². The first-order valence-corrected chi connectivity index (χ1v) is 6.27. The summed E-state index contributed by atoms with van der Waals surface area (Å²) >= 11 is 0. The van der Waals surface area contributed by atoms with Gasteiger partial charge in [0.1, 0.15) is 6.61 Å². The fourth-order valence-electron chi connectivity index (χ4n) is 2.19. The van der Waals surface area contributed by atoms with E-state index in [2.05, 4.69) is 0 Å². The third-order valence-corrected chi connectivity index (χ3v) is 3.14.